The fraction of sp³-hybridized carbons (Fsp3) is 0. The van der Waals surface area contributed by atoms with Crippen LogP contribution in [-0.2, 0) is 0 Å². The van der Waals surface area contributed by atoms with Gasteiger partial charge in [0.05, 0.1) is 0 Å². The topological polar surface area (TPSA) is 40.5 Å². The first-order valence-corrected chi connectivity index (χ1v) is 9.99. The van der Waals surface area contributed by atoms with Gasteiger partial charge in [-0.15, -0.1) is 0 Å². The number of fused-ring (bicyclic) bond motifs is 5. The Labute approximate surface area is 173 Å². The third kappa shape index (κ3) is 2.37. The van der Waals surface area contributed by atoms with Gasteiger partial charge < -0.3 is 10.2 Å². The van der Waals surface area contributed by atoms with Crippen LogP contribution in [0.15, 0.2) is 97.1 Å². The molecule has 0 aromatic heterocycles. The van der Waals surface area contributed by atoms with E-state index in [-0.39, 0.29) is 11.5 Å². The zero-order chi connectivity index (χ0) is 20.2. The molecule has 0 bridgehead atoms. The van der Waals surface area contributed by atoms with E-state index in [0.717, 1.165) is 37.9 Å². The van der Waals surface area contributed by atoms with Crippen molar-refractivity contribution in [2.45, 2.75) is 0 Å². The highest BCUT2D eigenvalue weighted by atomic mass is 16.3. The quantitative estimate of drug-likeness (QED) is 0.176. The summed E-state index contributed by atoms with van der Waals surface area (Å²) >= 11 is 0. The van der Waals surface area contributed by atoms with E-state index in [2.05, 4.69) is 54.6 Å². The van der Waals surface area contributed by atoms with Crippen molar-refractivity contribution in [2.75, 3.05) is 0 Å². The predicted molar refractivity (Wildman–Crippen MR) is 125 cm³/mol. The Morgan fingerprint density at radius 1 is 0.433 bits per heavy atom. The molecule has 142 valence electrons. The van der Waals surface area contributed by atoms with Gasteiger partial charge in [0, 0.05) is 5.56 Å². The van der Waals surface area contributed by atoms with Crippen molar-refractivity contribution in [1.82, 2.24) is 0 Å². The van der Waals surface area contributed by atoms with Crippen molar-refractivity contribution in [2.24, 2.45) is 0 Å². The molecule has 0 aliphatic heterocycles. The molecule has 0 heterocycles. The number of aromatic hydroxyl groups is 2. The number of rotatable bonds is 1. The lowest BCUT2D eigenvalue weighted by Crippen LogP contribution is -1.88. The lowest BCUT2D eigenvalue weighted by atomic mass is 9.90. The van der Waals surface area contributed by atoms with Crippen molar-refractivity contribution >= 4 is 43.1 Å². The summed E-state index contributed by atoms with van der Waals surface area (Å²) in [5.74, 6) is -0.191. The maximum absolute atomic E-state index is 10.9. The second-order valence-electron chi connectivity index (χ2n) is 7.73. The minimum Gasteiger partial charge on any atom is -0.504 e. The first-order chi connectivity index (χ1) is 14.7. The number of benzene rings is 6. The first kappa shape index (κ1) is 16.9. The summed E-state index contributed by atoms with van der Waals surface area (Å²) in [5.41, 5.74) is 1.57. The Balaban J connectivity index is 1.78. The van der Waals surface area contributed by atoms with E-state index in [9.17, 15) is 10.2 Å². The summed E-state index contributed by atoms with van der Waals surface area (Å²) < 4.78 is 0. The maximum Gasteiger partial charge on any atom is 0.166 e. The molecule has 30 heavy (non-hydrogen) atoms. The molecule has 0 radical (unpaired) electrons. The van der Waals surface area contributed by atoms with Gasteiger partial charge >= 0.3 is 0 Å². The van der Waals surface area contributed by atoms with Crippen LogP contribution >= 0.6 is 0 Å². The van der Waals surface area contributed by atoms with Crippen LogP contribution < -0.4 is 0 Å². The van der Waals surface area contributed by atoms with Crippen molar-refractivity contribution in [3.63, 3.8) is 0 Å². The highest BCUT2D eigenvalue weighted by molar-refractivity contribution is 6.16. The Morgan fingerprint density at radius 2 is 1.13 bits per heavy atom. The number of phenols is 2. The smallest absolute Gasteiger partial charge is 0.166 e. The summed E-state index contributed by atoms with van der Waals surface area (Å²) in [5, 5.41) is 30.0. The molecule has 6 aromatic rings. The summed E-state index contributed by atoms with van der Waals surface area (Å²) in [7, 11) is 0. The average Bonchev–Trinajstić information content (AvgIpc) is 2.78. The van der Waals surface area contributed by atoms with Crippen molar-refractivity contribution in [3.05, 3.63) is 97.1 Å². The molecule has 0 saturated heterocycles. The molecule has 0 aliphatic carbocycles. The highest BCUT2D eigenvalue weighted by Crippen LogP contribution is 2.46. The summed E-state index contributed by atoms with van der Waals surface area (Å²) in [6.07, 6.45) is 0. The van der Waals surface area contributed by atoms with E-state index in [1.807, 2.05) is 36.4 Å². The normalized spacial score (nSPS) is 11.6. The SMILES string of the molecule is Oc1cc2cc3ccccc3cc2c(-c2cccc3c2ccc2ccccc23)c1O. The molecule has 2 nitrogen and oxygen atoms in total. The number of hydrogen-bond acceptors (Lipinski definition) is 2. The lowest BCUT2D eigenvalue weighted by molar-refractivity contribution is 0.406. The van der Waals surface area contributed by atoms with Gasteiger partial charge in [0.25, 0.3) is 0 Å². The molecular weight excluding hydrogens is 368 g/mol. The Hall–Kier alpha value is -4.04. The summed E-state index contributed by atoms with van der Waals surface area (Å²) in [4.78, 5) is 0. The van der Waals surface area contributed by atoms with Gasteiger partial charge in [0.15, 0.2) is 11.5 Å². The predicted octanol–water partition coefficient (Wildman–Crippen LogP) is 7.38. The van der Waals surface area contributed by atoms with E-state index >= 15 is 0 Å². The zero-order valence-corrected chi connectivity index (χ0v) is 16.1. The summed E-state index contributed by atoms with van der Waals surface area (Å²) in [6, 6.07) is 32.6. The molecule has 0 spiro atoms. The minimum absolute atomic E-state index is 0.0848. The van der Waals surface area contributed by atoms with Crippen molar-refractivity contribution in [3.8, 4) is 22.6 Å². The van der Waals surface area contributed by atoms with Crippen LogP contribution in [0.1, 0.15) is 0 Å². The van der Waals surface area contributed by atoms with Gasteiger partial charge in [-0.05, 0) is 66.9 Å². The van der Waals surface area contributed by atoms with Crippen LogP contribution in [0.2, 0.25) is 0 Å². The second-order valence-corrected chi connectivity index (χ2v) is 7.73. The molecule has 2 N–H and O–H groups in total. The second kappa shape index (κ2) is 6.23. The van der Waals surface area contributed by atoms with Crippen molar-refractivity contribution in [1.29, 1.82) is 0 Å². The highest BCUT2D eigenvalue weighted by Gasteiger charge is 2.17. The van der Waals surface area contributed by atoms with Crippen LogP contribution in [0.4, 0.5) is 0 Å². The van der Waals surface area contributed by atoms with Crippen LogP contribution in [0.3, 0.4) is 0 Å². The minimum atomic E-state index is -0.106. The molecule has 6 aromatic carbocycles. The molecule has 0 saturated carbocycles. The van der Waals surface area contributed by atoms with Crippen LogP contribution in [0, 0.1) is 0 Å². The van der Waals surface area contributed by atoms with Crippen molar-refractivity contribution < 1.29 is 10.2 Å². The third-order valence-electron chi connectivity index (χ3n) is 6.01. The Morgan fingerprint density at radius 3 is 1.97 bits per heavy atom. The lowest BCUT2D eigenvalue weighted by Gasteiger charge is -2.15. The van der Waals surface area contributed by atoms with E-state index < -0.39 is 0 Å². The van der Waals surface area contributed by atoms with Gasteiger partial charge in [0.2, 0.25) is 0 Å². The van der Waals surface area contributed by atoms with E-state index in [1.54, 1.807) is 6.07 Å². The Bertz CT molecular complexity index is 1610. The van der Waals surface area contributed by atoms with Crippen LogP contribution in [0.25, 0.3) is 54.2 Å². The Kier molecular flexibility index (Phi) is 3.50. The number of phenolic OH excluding ortho intramolecular Hbond substituents is 2. The summed E-state index contributed by atoms with van der Waals surface area (Å²) in [6.45, 7) is 0. The largest absolute Gasteiger partial charge is 0.504 e. The molecule has 0 fully saturated rings. The molecule has 0 atom stereocenters. The molecule has 0 amide bonds. The van der Waals surface area contributed by atoms with Gasteiger partial charge in [-0.2, -0.15) is 0 Å². The fourth-order valence-corrected chi connectivity index (χ4v) is 4.60. The number of hydrogen-bond donors (Lipinski definition) is 2. The van der Waals surface area contributed by atoms with E-state index in [1.165, 1.54) is 10.8 Å². The monoisotopic (exact) mass is 386 g/mol. The van der Waals surface area contributed by atoms with Gasteiger partial charge in [-0.3, -0.25) is 0 Å². The first-order valence-electron chi connectivity index (χ1n) is 9.99. The third-order valence-corrected chi connectivity index (χ3v) is 6.01. The standard InChI is InChI=1S/C28H18O2/c29-26-16-20-14-18-7-1-2-8-19(18)15-25(20)27(28(26)30)24-11-5-10-22-21-9-4-3-6-17(21)12-13-23(22)24/h1-16,29-30H. The molecule has 0 aliphatic rings. The molecule has 0 unspecified atom stereocenters. The van der Waals surface area contributed by atoms with Gasteiger partial charge in [-0.25, -0.2) is 0 Å². The van der Waals surface area contributed by atoms with Gasteiger partial charge in [-0.1, -0.05) is 78.9 Å². The average molecular weight is 386 g/mol. The molecule has 6 rings (SSSR count). The van der Waals surface area contributed by atoms with Gasteiger partial charge in [0.1, 0.15) is 0 Å². The van der Waals surface area contributed by atoms with E-state index in [0.29, 0.717) is 5.56 Å². The van der Waals surface area contributed by atoms with Crippen LogP contribution in [0.5, 0.6) is 11.5 Å². The zero-order valence-electron chi connectivity index (χ0n) is 16.1. The van der Waals surface area contributed by atoms with Crippen LogP contribution in [-0.4, -0.2) is 10.2 Å². The molecular formula is C28H18O2. The molecule has 2 heteroatoms. The van der Waals surface area contributed by atoms with E-state index in [4.69, 9.17) is 0 Å². The maximum atomic E-state index is 10.9. The fourth-order valence-electron chi connectivity index (χ4n) is 4.60.